The maximum atomic E-state index is 12.1. The molecule has 0 bridgehead atoms. The molecule has 0 spiro atoms. The Balaban J connectivity index is 2.55. The minimum absolute atomic E-state index is 0.114. The van der Waals surface area contributed by atoms with E-state index in [0.717, 1.165) is 16.9 Å². The number of benzene rings is 1. The molecule has 0 unspecified atom stereocenters. The Hall–Kier alpha value is -2.14. The van der Waals surface area contributed by atoms with E-state index in [1.54, 1.807) is 0 Å². The summed E-state index contributed by atoms with van der Waals surface area (Å²) in [5, 5.41) is 18.8. The summed E-state index contributed by atoms with van der Waals surface area (Å²) < 4.78 is 0. The lowest BCUT2D eigenvalue weighted by atomic mass is 10.0. The molecule has 0 aliphatic rings. The molecule has 0 atom stereocenters. The Bertz CT molecular complexity index is 674. The third kappa shape index (κ3) is 2.66. The topological polar surface area (TPSA) is 74.6 Å². The van der Waals surface area contributed by atoms with Crippen LogP contribution in [0.25, 0.3) is 0 Å². The van der Waals surface area contributed by atoms with Crippen LogP contribution in [-0.4, -0.2) is 16.2 Å². The van der Waals surface area contributed by atoms with Crippen LogP contribution < -0.4 is 5.43 Å². The van der Waals surface area contributed by atoms with E-state index in [1.807, 2.05) is 30.3 Å². The summed E-state index contributed by atoms with van der Waals surface area (Å²) in [6, 6.07) is 9.15. The van der Waals surface area contributed by atoms with E-state index in [2.05, 4.69) is 0 Å². The summed E-state index contributed by atoms with van der Waals surface area (Å²) in [7, 11) is 0. The van der Waals surface area contributed by atoms with E-state index in [9.17, 15) is 14.7 Å². The first kappa shape index (κ1) is 13.3. The van der Waals surface area contributed by atoms with Gasteiger partial charge in [0.1, 0.15) is 5.56 Å². The highest BCUT2D eigenvalue weighted by atomic mass is 32.1. The van der Waals surface area contributed by atoms with Gasteiger partial charge in [0.2, 0.25) is 5.43 Å². The molecule has 2 N–H and O–H groups in total. The highest BCUT2D eigenvalue weighted by Crippen LogP contribution is 2.26. The van der Waals surface area contributed by atoms with Crippen molar-refractivity contribution in [1.82, 2.24) is 0 Å². The van der Waals surface area contributed by atoms with Gasteiger partial charge in [-0.25, -0.2) is 4.79 Å². The minimum Gasteiger partial charge on any atom is -0.499 e. The van der Waals surface area contributed by atoms with Crippen molar-refractivity contribution in [3.63, 3.8) is 0 Å². The SMILES string of the molecule is Cc1sc(O)c(Cc2ccccc2)c(=O)c1C(=O)O. The van der Waals surface area contributed by atoms with Crippen LogP contribution in [0.15, 0.2) is 35.1 Å². The summed E-state index contributed by atoms with van der Waals surface area (Å²) in [6.07, 6.45) is 0.225. The van der Waals surface area contributed by atoms with Gasteiger partial charge in [-0.3, -0.25) is 4.79 Å². The molecule has 0 aliphatic heterocycles. The molecule has 4 nitrogen and oxygen atoms in total. The molecular weight excluding hydrogens is 264 g/mol. The van der Waals surface area contributed by atoms with E-state index in [1.165, 1.54) is 6.92 Å². The lowest BCUT2D eigenvalue weighted by Gasteiger charge is -2.07. The van der Waals surface area contributed by atoms with Crippen molar-refractivity contribution in [3.05, 3.63) is 62.1 Å². The summed E-state index contributed by atoms with van der Waals surface area (Å²) in [5.74, 6) is -1.26. The fraction of sp³-hybridized carbons (Fsp3) is 0.143. The van der Waals surface area contributed by atoms with Gasteiger partial charge in [0.15, 0.2) is 5.06 Å². The second-order valence-electron chi connectivity index (χ2n) is 4.11. The zero-order valence-corrected chi connectivity index (χ0v) is 11.0. The summed E-state index contributed by atoms with van der Waals surface area (Å²) in [4.78, 5) is 23.5. The predicted molar refractivity (Wildman–Crippen MR) is 73.2 cm³/mol. The second kappa shape index (κ2) is 5.24. The molecule has 2 aromatic rings. The number of rotatable bonds is 3. The van der Waals surface area contributed by atoms with Crippen LogP contribution in [0.3, 0.4) is 0 Å². The number of carbonyl (C=O) groups is 1. The van der Waals surface area contributed by atoms with Gasteiger partial charge < -0.3 is 10.2 Å². The zero-order valence-electron chi connectivity index (χ0n) is 10.2. The maximum Gasteiger partial charge on any atom is 0.340 e. The molecule has 0 radical (unpaired) electrons. The van der Waals surface area contributed by atoms with Crippen molar-refractivity contribution in [2.24, 2.45) is 0 Å². The van der Waals surface area contributed by atoms with Gasteiger partial charge in [-0.2, -0.15) is 0 Å². The van der Waals surface area contributed by atoms with E-state index in [-0.39, 0.29) is 22.6 Å². The molecule has 0 amide bonds. The predicted octanol–water partition coefficient (Wildman–Crippen LogP) is 2.41. The molecular formula is C14H12O4S. The molecule has 1 heterocycles. The van der Waals surface area contributed by atoms with Crippen LogP contribution in [0.2, 0.25) is 0 Å². The van der Waals surface area contributed by atoms with E-state index < -0.39 is 11.4 Å². The maximum absolute atomic E-state index is 12.1. The second-order valence-corrected chi connectivity index (χ2v) is 5.32. The summed E-state index contributed by atoms with van der Waals surface area (Å²) in [5.41, 5.74) is 0.125. The number of hydrogen-bond donors (Lipinski definition) is 2. The first-order valence-corrected chi connectivity index (χ1v) is 6.45. The molecule has 98 valence electrons. The number of aryl methyl sites for hydroxylation is 1. The Morgan fingerprint density at radius 3 is 2.47 bits per heavy atom. The summed E-state index contributed by atoms with van der Waals surface area (Å²) in [6.45, 7) is 1.52. The van der Waals surface area contributed by atoms with Crippen LogP contribution in [0, 0.1) is 6.92 Å². The number of carboxylic acids is 1. The average Bonchev–Trinajstić information content (AvgIpc) is 2.35. The Morgan fingerprint density at radius 1 is 1.26 bits per heavy atom. The first-order valence-electron chi connectivity index (χ1n) is 5.63. The van der Waals surface area contributed by atoms with Gasteiger partial charge in [-0.05, 0) is 12.5 Å². The monoisotopic (exact) mass is 276 g/mol. The fourth-order valence-electron chi connectivity index (χ4n) is 1.87. The van der Waals surface area contributed by atoms with Crippen molar-refractivity contribution in [1.29, 1.82) is 0 Å². The van der Waals surface area contributed by atoms with Crippen LogP contribution in [0.5, 0.6) is 5.06 Å². The minimum atomic E-state index is -1.26. The lowest BCUT2D eigenvalue weighted by molar-refractivity contribution is 0.0695. The molecule has 0 fully saturated rings. The Labute approximate surface area is 113 Å². The molecule has 5 heteroatoms. The molecule has 2 rings (SSSR count). The van der Waals surface area contributed by atoms with Crippen molar-refractivity contribution in [2.45, 2.75) is 13.3 Å². The van der Waals surface area contributed by atoms with Crippen molar-refractivity contribution < 1.29 is 15.0 Å². The summed E-state index contributed by atoms with van der Waals surface area (Å²) >= 11 is 0.922. The third-order valence-corrected chi connectivity index (χ3v) is 3.75. The fourth-order valence-corrected chi connectivity index (χ4v) is 2.73. The van der Waals surface area contributed by atoms with Gasteiger partial charge in [0.25, 0.3) is 0 Å². The molecule has 0 saturated carbocycles. The molecule has 0 saturated heterocycles. The normalized spacial score (nSPS) is 10.4. The lowest BCUT2D eigenvalue weighted by Crippen LogP contribution is -2.19. The largest absolute Gasteiger partial charge is 0.499 e. The number of hydrogen-bond acceptors (Lipinski definition) is 4. The van der Waals surface area contributed by atoms with Crippen LogP contribution in [-0.2, 0) is 6.42 Å². The molecule has 19 heavy (non-hydrogen) atoms. The molecule has 1 aromatic carbocycles. The van der Waals surface area contributed by atoms with Gasteiger partial charge in [-0.1, -0.05) is 30.3 Å². The van der Waals surface area contributed by atoms with E-state index >= 15 is 0 Å². The highest BCUT2D eigenvalue weighted by molar-refractivity contribution is 7.13. The zero-order chi connectivity index (χ0) is 14.0. The van der Waals surface area contributed by atoms with E-state index in [4.69, 9.17) is 5.11 Å². The highest BCUT2D eigenvalue weighted by Gasteiger charge is 2.19. The number of carboxylic acid groups (broad SMARTS) is 1. The van der Waals surface area contributed by atoms with E-state index in [0.29, 0.717) is 4.88 Å². The smallest absolute Gasteiger partial charge is 0.340 e. The van der Waals surface area contributed by atoms with Gasteiger partial charge in [-0.15, -0.1) is 11.3 Å². The third-order valence-electron chi connectivity index (χ3n) is 2.80. The van der Waals surface area contributed by atoms with Crippen LogP contribution in [0.1, 0.15) is 26.4 Å². The molecule has 0 aliphatic carbocycles. The molecule has 1 aromatic heterocycles. The van der Waals surface area contributed by atoms with Crippen LogP contribution >= 0.6 is 11.3 Å². The quantitative estimate of drug-likeness (QED) is 0.902. The van der Waals surface area contributed by atoms with Gasteiger partial charge >= 0.3 is 5.97 Å². The van der Waals surface area contributed by atoms with Crippen molar-refractivity contribution in [2.75, 3.05) is 0 Å². The first-order chi connectivity index (χ1) is 9.00. The van der Waals surface area contributed by atoms with Crippen molar-refractivity contribution in [3.8, 4) is 5.06 Å². The van der Waals surface area contributed by atoms with Crippen LogP contribution in [0.4, 0.5) is 0 Å². The number of aromatic carboxylic acids is 1. The Kier molecular flexibility index (Phi) is 3.66. The Morgan fingerprint density at radius 2 is 1.89 bits per heavy atom. The number of aromatic hydroxyl groups is 1. The van der Waals surface area contributed by atoms with Crippen molar-refractivity contribution >= 4 is 17.3 Å². The average molecular weight is 276 g/mol. The standard InChI is InChI=1S/C14H12O4S/c1-8-11(13(16)17)12(15)10(14(18)19-8)7-9-5-3-2-4-6-9/h2-6,18H,7H2,1H3,(H,16,17). The van der Waals surface area contributed by atoms with Gasteiger partial charge in [0.05, 0.1) is 5.56 Å². The van der Waals surface area contributed by atoms with Gasteiger partial charge in [0, 0.05) is 11.3 Å².